The molecule has 35 heavy (non-hydrogen) atoms. The van der Waals surface area contributed by atoms with Crippen LogP contribution in [-0.2, 0) is 22.6 Å². The first-order valence-corrected chi connectivity index (χ1v) is 12.6. The van der Waals surface area contributed by atoms with Gasteiger partial charge in [-0.1, -0.05) is 44.2 Å². The molecule has 0 spiro atoms. The fourth-order valence-corrected chi connectivity index (χ4v) is 5.72. The summed E-state index contributed by atoms with van der Waals surface area (Å²) < 4.78 is 109. The zero-order valence-corrected chi connectivity index (χ0v) is 19.7. The van der Waals surface area contributed by atoms with Crippen molar-refractivity contribution in [2.45, 2.75) is 50.8 Å². The average Bonchev–Trinajstić information content (AvgIpc) is 3.55. The second-order valence-electron chi connectivity index (χ2n) is 9.18. The Kier molecular flexibility index (Phi) is 6.32. The largest absolute Gasteiger partial charge is 0.417 e. The molecule has 0 aliphatic heterocycles. The van der Waals surface area contributed by atoms with Gasteiger partial charge in [-0.15, -0.1) is 0 Å². The second kappa shape index (κ2) is 8.72. The first-order valence-electron chi connectivity index (χ1n) is 11.0. The van der Waals surface area contributed by atoms with Crippen LogP contribution >= 0.6 is 0 Å². The fourth-order valence-electron chi connectivity index (χ4n) is 4.14. The van der Waals surface area contributed by atoms with Crippen molar-refractivity contribution >= 4 is 26.3 Å². The van der Waals surface area contributed by atoms with E-state index in [1.165, 1.54) is 42.6 Å². The molecule has 3 aromatic rings. The molecule has 2 aromatic carbocycles. The van der Waals surface area contributed by atoms with E-state index in [0.717, 1.165) is 6.07 Å². The molecule has 0 saturated heterocycles. The number of rotatable bonds is 6. The molecule has 188 valence electrons. The van der Waals surface area contributed by atoms with E-state index >= 15 is 0 Å². The highest BCUT2D eigenvalue weighted by atomic mass is 32.2. The number of halogens is 6. The molecule has 4 rings (SSSR count). The van der Waals surface area contributed by atoms with Gasteiger partial charge in [0.1, 0.15) is 0 Å². The molecular weight excluding hydrogens is 492 g/mol. The van der Waals surface area contributed by atoms with Gasteiger partial charge < -0.3 is 4.57 Å². The first-order chi connectivity index (χ1) is 16.2. The smallest absolute Gasteiger partial charge is 0.347 e. The van der Waals surface area contributed by atoms with Crippen LogP contribution in [0.1, 0.15) is 37.8 Å². The van der Waals surface area contributed by atoms with E-state index in [-0.39, 0.29) is 28.0 Å². The van der Waals surface area contributed by atoms with E-state index < -0.39 is 38.6 Å². The lowest BCUT2D eigenvalue weighted by Crippen LogP contribution is -2.14. The van der Waals surface area contributed by atoms with Gasteiger partial charge in [-0.25, -0.2) is 8.42 Å². The highest BCUT2D eigenvalue weighted by Gasteiger charge is 2.41. The number of hydrogen-bond acceptors (Lipinski definition) is 2. The van der Waals surface area contributed by atoms with Gasteiger partial charge in [0.05, 0.1) is 16.4 Å². The molecule has 1 aromatic heterocycles. The first kappa shape index (κ1) is 25.3. The maximum absolute atomic E-state index is 14.1. The minimum atomic E-state index is -4.94. The number of sulfone groups is 1. The molecule has 1 heterocycles. The highest BCUT2D eigenvalue weighted by Crippen LogP contribution is 2.43. The monoisotopic (exact) mass is 515 g/mol. The standard InChI is InChI=1S/C25H23F6NO2S/c1-15(2)12-32-13-20(22(25(29,30)31)14-35(33,34)17-8-9-17)19-10-7-16(11-23(19)32)18-5-3-4-6-21(18)24(26,27)28/h3-7,10-11,13-15,17H,8-9,12H2,1-2H3/b22-14-. The van der Waals surface area contributed by atoms with Crippen LogP contribution in [0.3, 0.4) is 0 Å². The van der Waals surface area contributed by atoms with Crippen molar-refractivity contribution in [2.24, 2.45) is 5.92 Å². The Hall–Kier alpha value is -2.75. The molecule has 0 radical (unpaired) electrons. The van der Waals surface area contributed by atoms with Gasteiger partial charge in [-0.05, 0) is 42.0 Å². The lowest BCUT2D eigenvalue weighted by molar-refractivity contribution is -0.137. The molecular formula is C25H23F6NO2S. The Morgan fingerprint density at radius 2 is 1.71 bits per heavy atom. The number of alkyl halides is 6. The summed E-state index contributed by atoms with van der Waals surface area (Å²) in [4.78, 5) is 0. The van der Waals surface area contributed by atoms with Crippen molar-refractivity contribution in [3.05, 3.63) is 65.2 Å². The highest BCUT2D eigenvalue weighted by molar-refractivity contribution is 7.95. The Bertz CT molecular complexity index is 1390. The van der Waals surface area contributed by atoms with Gasteiger partial charge in [0, 0.05) is 34.6 Å². The lowest BCUT2D eigenvalue weighted by Gasteiger charge is -2.14. The van der Waals surface area contributed by atoms with E-state index in [0.29, 0.717) is 30.3 Å². The zero-order chi connectivity index (χ0) is 25.8. The fraction of sp³-hybridized carbons (Fsp3) is 0.360. The van der Waals surface area contributed by atoms with Crippen LogP contribution in [0, 0.1) is 5.92 Å². The molecule has 1 aliphatic carbocycles. The molecule has 10 heteroatoms. The zero-order valence-electron chi connectivity index (χ0n) is 18.9. The Morgan fingerprint density at radius 3 is 2.29 bits per heavy atom. The summed E-state index contributed by atoms with van der Waals surface area (Å²) in [6, 6.07) is 9.07. The van der Waals surface area contributed by atoms with Crippen molar-refractivity contribution in [3.8, 4) is 11.1 Å². The van der Waals surface area contributed by atoms with E-state index in [1.807, 2.05) is 13.8 Å². The topological polar surface area (TPSA) is 39.1 Å². The van der Waals surface area contributed by atoms with Crippen molar-refractivity contribution < 1.29 is 34.8 Å². The summed E-state index contributed by atoms with van der Waals surface area (Å²) in [5.74, 6) is 0.0121. The summed E-state index contributed by atoms with van der Waals surface area (Å²) in [5.41, 5.74) is -2.05. The predicted molar refractivity (Wildman–Crippen MR) is 123 cm³/mol. The number of hydrogen-bond donors (Lipinski definition) is 0. The molecule has 0 unspecified atom stereocenters. The van der Waals surface area contributed by atoms with E-state index in [4.69, 9.17) is 0 Å². The average molecular weight is 516 g/mol. The Morgan fingerprint density at radius 1 is 1.06 bits per heavy atom. The van der Waals surface area contributed by atoms with Gasteiger partial charge in [0.25, 0.3) is 0 Å². The molecule has 0 bridgehead atoms. The van der Waals surface area contributed by atoms with Gasteiger partial charge in [-0.3, -0.25) is 0 Å². The summed E-state index contributed by atoms with van der Waals surface area (Å²) >= 11 is 0. The van der Waals surface area contributed by atoms with Crippen LogP contribution in [-0.4, -0.2) is 24.4 Å². The number of nitrogens with zero attached hydrogens (tertiary/aromatic N) is 1. The van der Waals surface area contributed by atoms with Crippen LogP contribution in [0.5, 0.6) is 0 Å². The minimum absolute atomic E-state index is 0.0121. The van der Waals surface area contributed by atoms with E-state index in [1.54, 1.807) is 4.57 Å². The lowest BCUT2D eigenvalue weighted by atomic mass is 9.97. The van der Waals surface area contributed by atoms with Crippen LogP contribution in [0.4, 0.5) is 26.3 Å². The normalized spacial score (nSPS) is 15.9. The molecule has 3 nitrogen and oxygen atoms in total. The SMILES string of the molecule is CC(C)Cn1cc(/C(=C/S(=O)(=O)C2CC2)C(F)(F)F)c2ccc(-c3ccccc3C(F)(F)F)cc21. The van der Waals surface area contributed by atoms with Crippen molar-refractivity contribution in [1.82, 2.24) is 4.57 Å². The third-order valence-corrected chi connectivity index (χ3v) is 7.82. The molecule has 0 amide bonds. The number of aromatic nitrogens is 1. The molecule has 1 saturated carbocycles. The molecule has 1 fully saturated rings. The van der Waals surface area contributed by atoms with Gasteiger partial charge in [0.2, 0.25) is 0 Å². The Balaban J connectivity index is 1.96. The number of benzene rings is 2. The van der Waals surface area contributed by atoms with Gasteiger partial charge in [0.15, 0.2) is 9.84 Å². The second-order valence-corrected chi connectivity index (χ2v) is 11.3. The summed E-state index contributed by atoms with van der Waals surface area (Å²) in [7, 11) is -4.09. The minimum Gasteiger partial charge on any atom is -0.347 e. The summed E-state index contributed by atoms with van der Waals surface area (Å²) in [6.45, 7) is 4.00. The van der Waals surface area contributed by atoms with Crippen LogP contribution in [0.25, 0.3) is 27.6 Å². The third kappa shape index (κ3) is 5.27. The molecule has 0 atom stereocenters. The molecule has 0 N–H and O–H groups in total. The van der Waals surface area contributed by atoms with E-state index in [9.17, 15) is 34.8 Å². The van der Waals surface area contributed by atoms with Crippen molar-refractivity contribution in [2.75, 3.05) is 0 Å². The maximum atomic E-state index is 14.1. The third-order valence-electron chi connectivity index (χ3n) is 5.85. The van der Waals surface area contributed by atoms with Crippen LogP contribution < -0.4 is 0 Å². The summed E-state index contributed by atoms with van der Waals surface area (Å²) in [6.07, 6.45) is -7.67. The molecule has 1 aliphatic rings. The van der Waals surface area contributed by atoms with Gasteiger partial charge >= 0.3 is 12.4 Å². The number of allylic oxidation sites excluding steroid dienone is 1. The number of fused-ring (bicyclic) bond motifs is 1. The van der Waals surface area contributed by atoms with Crippen LogP contribution in [0.2, 0.25) is 0 Å². The maximum Gasteiger partial charge on any atom is 0.417 e. The van der Waals surface area contributed by atoms with Crippen molar-refractivity contribution in [1.29, 1.82) is 0 Å². The van der Waals surface area contributed by atoms with E-state index in [2.05, 4.69) is 0 Å². The van der Waals surface area contributed by atoms with Gasteiger partial charge in [-0.2, -0.15) is 26.3 Å². The Labute approximate surface area is 199 Å². The van der Waals surface area contributed by atoms with Crippen LogP contribution in [0.15, 0.2) is 54.1 Å². The predicted octanol–water partition coefficient (Wildman–Crippen LogP) is 7.46. The quantitative estimate of drug-likeness (QED) is 0.320. The van der Waals surface area contributed by atoms with Crippen molar-refractivity contribution in [3.63, 3.8) is 0 Å². The summed E-state index contributed by atoms with van der Waals surface area (Å²) in [5, 5.41) is -0.380.